The van der Waals surface area contributed by atoms with Crippen molar-refractivity contribution in [2.24, 2.45) is 0 Å². The number of morpholine rings is 1. The predicted octanol–water partition coefficient (Wildman–Crippen LogP) is 4.81. The Labute approximate surface area is 220 Å². The minimum atomic E-state index is -1.44. The first-order valence-electron chi connectivity index (χ1n) is 12.8. The molecule has 3 aliphatic rings. The van der Waals surface area contributed by atoms with Gasteiger partial charge in [0.25, 0.3) is 0 Å². The van der Waals surface area contributed by atoms with Crippen LogP contribution in [0.5, 0.6) is 5.75 Å². The Kier molecular flexibility index (Phi) is 6.55. The summed E-state index contributed by atoms with van der Waals surface area (Å²) in [5.74, 6) is -0.289. The number of rotatable bonds is 6. The first-order chi connectivity index (χ1) is 18.5. The lowest BCUT2D eigenvalue weighted by Crippen LogP contribution is -2.62. The smallest absolute Gasteiger partial charge is 0.410 e. The fourth-order valence-electron chi connectivity index (χ4n) is 6.25. The standard InChI is InChI=1S/C30H30FNO6/c1-35-18-38-21-10-11-27(28(31)12-21)30(34)13-19-15-36-16-20(14-30)32(19)29(33)37-17-26-24-8-4-2-6-22(24)23-7-3-5-9-25(23)26/h2-12,19-20,26,34H,13-18H2,1H3. The molecule has 1 amide bonds. The Hall–Kier alpha value is -3.46. The molecule has 0 aromatic heterocycles. The Balaban J connectivity index is 1.18. The van der Waals surface area contributed by atoms with Crippen molar-refractivity contribution >= 4 is 6.09 Å². The van der Waals surface area contributed by atoms with Crippen molar-refractivity contribution in [2.45, 2.75) is 36.4 Å². The number of fused-ring (bicyclic) bond motifs is 5. The zero-order valence-corrected chi connectivity index (χ0v) is 21.1. The van der Waals surface area contributed by atoms with Crippen molar-refractivity contribution in [1.29, 1.82) is 0 Å². The second-order valence-electron chi connectivity index (χ2n) is 10.2. The lowest BCUT2D eigenvalue weighted by atomic mass is 9.77. The van der Waals surface area contributed by atoms with Gasteiger partial charge in [-0.25, -0.2) is 9.18 Å². The molecule has 2 bridgehead atoms. The van der Waals surface area contributed by atoms with Crippen LogP contribution in [0.3, 0.4) is 0 Å². The van der Waals surface area contributed by atoms with E-state index in [2.05, 4.69) is 24.3 Å². The maximum Gasteiger partial charge on any atom is 0.410 e. The molecular formula is C30H30FNO6. The zero-order valence-electron chi connectivity index (χ0n) is 21.1. The minimum Gasteiger partial charge on any atom is -0.467 e. The van der Waals surface area contributed by atoms with Gasteiger partial charge < -0.3 is 24.1 Å². The summed E-state index contributed by atoms with van der Waals surface area (Å²) in [4.78, 5) is 15.1. The van der Waals surface area contributed by atoms with Crippen LogP contribution in [-0.4, -0.2) is 61.9 Å². The van der Waals surface area contributed by atoms with Crippen LogP contribution in [0, 0.1) is 5.82 Å². The van der Waals surface area contributed by atoms with Crippen molar-refractivity contribution in [3.05, 3.63) is 89.2 Å². The van der Waals surface area contributed by atoms with E-state index in [4.69, 9.17) is 18.9 Å². The van der Waals surface area contributed by atoms with Gasteiger partial charge in [0.2, 0.25) is 0 Å². The average Bonchev–Trinajstić information content (AvgIpc) is 3.23. The minimum absolute atomic E-state index is 0.000357. The number of hydrogen-bond donors (Lipinski definition) is 1. The number of carbonyl (C=O) groups is 1. The van der Waals surface area contributed by atoms with E-state index in [9.17, 15) is 9.90 Å². The van der Waals surface area contributed by atoms with Crippen LogP contribution in [0.4, 0.5) is 9.18 Å². The van der Waals surface area contributed by atoms with Gasteiger partial charge in [-0.05, 0) is 34.4 Å². The molecule has 8 heteroatoms. The maximum absolute atomic E-state index is 15.1. The summed E-state index contributed by atoms with van der Waals surface area (Å²) >= 11 is 0. The number of amides is 1. The Bertz CT molecular complexity index is 1290. The molecule has 1 aliphatic carbocycles. The SMILES string of the molecule is COCOc1ccc(C2(O)CC3COCC(C2)N3C(=O)OCC2c3ccccc3-c3ccccc32)c(F)c1. The van der Waals surface area contributed by atoms with Crippen LogP contribution in [0.1, 0.15) is 35.4 Å². The number of ether oxygens (including phenoxy) is 4. The molecule has 2 atom stereocenters. The number of methoxy groups -OCH3 is 1. The molecular weight excluding hydrogens is 489 g/mol. The van der Waals surface area contributed by atoms with E-state index in [1.165, 1.54) is 13.2 Å². The molecule has 2 unspecified atom stereocenters. The van der Waals surface area contributed by atoms with E-state index >= 15 is 4.39 Å². The van der Waals surface area contributed by atoms with Gasteiger partial charge >= 0.3 is 6.09 Å². The largest absolute Gasteiger partial charge is 0.467 e. The fourth-order valence-corrected chi connectivity index (χ4v) is 6.25. The maximum atomic E-state index is 15.1. The van der Waals surface area contributed by atoms with Gasteiger partial charge in [0, 0.05) is 37.5 Å². The third-order valence-electron chi connectivity index (χ3n) is 7.89. The Morgan fingerprint density at radius 1 is 1.03 bits per heavy atom. The van der Waals surface area contributed by atoms with Crippen LogP contribution in [0.25, 0.3) is 11.1 Å². The molecule has 38 heavy (non-hydrogen) atoms. The number of halogens is 1. The molecule has 2 heterocycles. The summed E-state index contributed by atoms with van der Waals surface area (Å²) in [6.07, 6.45) is -0.151. The van der Waals surface area contributed by atoms with Crippen molar-refractivity contribution in [1.82, 2.24) is 4.90 Å². The molecule has 1 N–H and O–H groups in total. The molecule has 0 radical (unpaired) electrons. The molecule has 0 saturated carbocycles. The highest BCUT2D eigenvalue weighted by Gasteiger charge is 2.50. The van der Waals surface area contributed by atoms with Gasteiger partial charge in [-0.1, -0.05) is 48.5 Å². The van der Waals surface area contributed by atoms with E-state index in [0.29, 0.717) is 5.75 Å². The van der Waals surface area contributed by atoms with Crippen molar-refractivity contribution in [3.8, 4) is 16.9 Å². The van der Waals surface area contributed by atoms with Crippen LogP contribution < -0.4 is 4.74 Å². The van der Waals surface area contributed by atoms with Crippen LogP contribution in [0.2, 0.25) is 0 Å². The normalized spacial score (nSPS) is 24.0. The molecule has 2 saturated heterocycles. The zero-order chi connectivity index (χ0) is 26.3. The highest BCUT2D eigenvalue weighted by Crippen LogP contribution is 2.46. The van der Waals surface area contributed by atoms with Crippen LogP contribution in [-0.2, 0) is 19.8 Å². The average molecular weight is 520 g/mol. The van der Waals surface area contributed by atoms with Crippen molar-refractivity contribution in [2.75, 3.05) is 33.7 Å². The summed E-state index contributed by atoms with van der Waals surface area (Å²) in [7, 11) is 1.48. The summed E-state index contributed by atoms with van der Waals surface area (Å²) in [5, 5.41) is 11.6. The highest BCUT2D eigenvalue weighted by molar-refractivity contribution is 5.79. The van der Waals surface area contributed by atoms with Crippen LogP contribution >= 0.6 is 0 Å². The number of nitrogens with zero attached hydrogens (tertiary/aromatic N) is 1. The molecule has 3 aromatic rings. The number of aliphatic hydroxyl groups is 1. The third-order valence-corrected chi connectivity index (χ3v) is 7.89. The monoisotopic (exact) mass is 519 g/mol. The van der Waals surface area contributed by atoms with Gasteiger partial charge in [-0.3, -0.25) is 4.90 Å². The van der Waals surface area contributed by atoms with Gasteiger partial charge in [0.15, 0.2) is 6.79 Å². The number of hydrogen-bond acceptors (Lipinski definition) is 6. The third kappa shape index (κ3) is 4.32. The lowest BCUT2D eigenvalue weighted by molar-refractivity contribution is -0.137. The summed E-state index contributed by atoms with van der Waals surface area (Å²) in [6, 6.07) is 19.9. The van der Waals surface area contributed by atoms with E-state index in [-0.39, 0.29) is 50.9 Å². The Morgan fingerprint density at radius 2 is 1.66 bits per heavy atom. The molecule has 198 valence electrons. The number of piperidine rings is 1. The Morgan fingerprint density at radius 3 is 2.26 bits per heavy atom. The van der Waals surface area contributed by atoms with Gasteiger partial charge in [-0.2, -0.15) is 0 Å². The summed E-state index contributed by atoms with van der Waals surface area (Å²) in [6.45, 7) is 0.713. The predicted molar refractivity (Wildman–Crippen MR) is 137 cm³/mol. The summed E-state index contributed by atoms with van der Waals surface area (Å²) in [5.41, 5.74) is 3.36. The molecule has 3 aromatic carbocycles. The first kappa shape index (κ1) is 24.9. The van der Waals surface area contributed by atoms with Gasteiger partial charge in [0.05, 0.1) is 30.9 Å². The van der Waals surface area contributed by atoms with E-state index in [1.54, 1.807) is 17.0 Å². The fraction of sp³-hybridized carbons (Fsp3) is 0.367. The highest BCUT2D eigenvalue weighted by atomic mass is 19.1. The van der Waals surface area contributed by atoms with E-state index in [1.807, 2.05) is 24.3 Å². The van der Waals surface area contributed by atoms with E-state index < -0.39 is 29.6 Å². The molecule has 2 aliphatic heterocycles. The topological polar surface area (TPSA) is 77.5 Å². The van der Waals surface area contributed by atoms with Crippen molar-refractivity contribution < 1.29 is 33.2 Å². The number of carbonyl (C=O) groups excluding carboxylic acids is 1. The van der Waals surface area contributed by atoms with Gasteiger partial charge in [0.1, 0.15) is 18.2 Å². The first-order valence-corrected chi connectivity index (χ1v) is 12.8. The number of benzene rings is 3. The quantitative estimate of drug-likeness (QED) is 0.471. The van der Waals surface area contributed by atoms with Gasteiger partial charge in [-0.15, -0.1) is 0 Å². The second kappa shape index (κ2) is 10.0. The molecule has 7 nitrogen and oxygen atoms in total. The molecule has 2 fully saturated rings. The lowest BCUT2D eigenvalue weighted by Gasteiger charge is -2.51. The molecule has 6 rings (SSSR count). The summed E-state index contributed by atoms with van der Waals surface area (Å²) < 4.78 is 36.9. The van der Waals surface area contributed by atoms with Crippen LogP contribution in [0.15, 0.2) is 66.7 Å². The van der Waals surface area contributed by atoms with E-state index in [0.717, 1.165) is 22.3 Å². The van der Waals surface area contributed by atoms with Crippen molar-refractivity contribution in [3.63, 3.8) is 0 Å². The second-order valence-corrected chi connectivity index (χ2v) is 10.2. The molecule has 0 spiro atoms.